The maximum Gasteiger partial charge on any atom is 0.278 e. The summed E-state index contributed by atoms with van der Waals surface area (Å²) in [7, 11) is 0. The Morgan fingerprint density at radius 1 is 0.966 bits per heavy atom. The van der Waals surface area contributed by atoms with Crippen LogP contribution >= 0.6 is 0 Å². The van der Waals surface area contributed by atoms with Crippen molar-refractivity contribution in [2.45, 2.75) is 25.3 Å². The van der Waals surface area contributed by atoms with Crippen LogP contribution in [0.3, 0.4) is 0 Å². The zero-order valence-corrected chi connectivity index (χ0v) is 16.0. The Morgan fingerprint density at radius 2 is 1.69 bits per heavy atom. The maximum atomic E-state index is 13.2. The normalized spacial score (nSPS) is 16.6. The average Bonchev–Trinajstić information content (AvgIpc) is 3.21. The first kappa shape index (κ1) is 17.6. The first-order valence-corrected chi connectivity index (χ1v) is 9.94. The average molecular weight is 383 g/mol. The van der Waals surface area contributed by atoms with Crippen LogP contribution in [0.1, 0.15) is 28.9 Å². The molecule has 29 heavy (non-hydrogen) atoms. The van der Waals surface area contributed by atoms with Crippen molar-refractivity contribution in [3.05, 3.63) is 78.0 Å². The summed E-state index contributed by atoms with van der Waals surface area (Å²) in [5, 5.41) is 12.8. The van der Waals surface area contributed by atoms with E-state index in [2.05, 4.69) is 40.3 Å². The molecule has 1 aliphatic heterocycles. The lowest BCUT2D eigenvalue weighted by atomic mass is 9.97. The number of carbonyl (C=O) groups is 1. The van der Waals surface area contributed by atoms with Crippen molar-refractivity contribution in [2.24, 2.45) is 0 Å². The quantitative estimate of drug-likeness (QED) is 0.572. The van der Waals surface area contributed by atoms with E-state index < -0.39 is 0 Å². The highest BCUT2D eigenvalue weighted by molar-refractivity contribution is 5.96. The number of carbonyl (C=O) groups excluding carboxylic acids is 1. The third-order valence-electron chi connectivity index (χ3n) is 5.73. The van der Waals surface area contributed by atoms with Gasteiger partial charge in [-0.3, -0.25) is 4.79 Å². The highest BCUT2D eigenvalue weighted by Crippen LogP contribution is 2.28. The summed E-state index contributed by atoms with van der Waals surface area (Å²) in [5.41, 5.74) is 2.46. The molecule has 4 aromatic rings. The fourth-order valence-corrected chi connectivity index (χ4v) is 4.31. The Labute approximate surface area is 168 Å². The van der Waals surface area contributed by atoms with Crippen molar-refractivity contribution in [3.8, 4) is 5.88 Å². The van der Waals surface area contributed by atoms with Gasteiger partial charge < -0.3 is 10.0 Å². The summed E-state index contributed by atoms with van der Waals surface area (Å²) >= 11 is 0. The lowest BCUT2D eigenvalue weighted by Crippen LogP contribution is -2.37. The van der Waals surface area contributed by atoms with Crippen LogP contribution in [0.2, 0.25) is 0 Å². The molecule has 1 unspecified atom stereocenters. The number of hydrogen-bond donors (Lipinski definition) is 1. The van der Waals surface area contributed by atoms with Gasteiger partial charge in [0, 0.05) is 12.6 Å². The number of aromatic hydroxyl groups is 1. The Bertz CT molecular complexity index is 1220. The number of aromatic nitrogens is 2. The van der Waals surface area contributed by atoms with Crippen molar-refractivity contribution in [1.29, 1.82) is 0 Å². The molecule has 3 aromatic carbocycles. The number of benzene rings is 3. The van der Waals surface area contributed by atoms with Gasteiger partial charge in [0.1, 0.15) is 0 Å². The van der Waals surface area contributed by atoms with E-state index in [-0.39, 0.29) is 23.5 Å². The molecular formula is C24H21N3O2. The van der Waals surface area contributed by atoms with Crippen molar-refractivity contribution in [2.75, 3.05) is 6.54 Å². The van der Waals surface area contributed by atoms with E-state index >= 15 is 0 Å². The van der Waals surface area contributed by atoms with Crippen LogP contribution in [0.5, 0.6) is 5.88 Å². The SMILES string of the molecule is O=C(c1nc2ccccc2nc1O)N1CCCC1Cc1cccc2ccccc12. The van der Waals surface area contributed by atoms with E-state index in [1.807, 2.05) is 29.2 Å². The van der Waals surface area contributed by atoms with Crippen LogP contribution in [-0.4, -0.2) is 38.5 Å². The van der Waals surface area contributed by atoms with E-state index in [4.69, 9.17) is 0 Å². The molecule has 1 aromatic heterocycles. The molecule has 1 saturated heterocycles. The Hall–Kier alpha value is -3.47. The minimum Gasteiger partial charge on any atom is -0.492 e. The van der Waals surface area contributed by atoms with Gasteiger partial charge >= 0.3 is 0 Å². The summed E-state index contributed by atoms with van der Waals surface area (Å²) in [6.07, 6.45) is 2.68. The Morgan fingerprint density at radius 3 is 2.55 bits per heavy atom. The number of rotatable bonds is 3. The second kappa shape index (κ2) is 7.17. The molecule has 1 amide bonds. The zero-order chi connectivity index (χ0) is 19.8. The van der Waals surface area contributed by atoms with Gasteiger partial charge in [0.2, 0.25) is 5.88 Å². The van der Waals surface area contributed by atoms with Gasteiger partial charge in [0.25, 0.3) is 5.91 Å². The molecule has 2 heterocycles. The highest BCUT2D eigenvalue weighted by Gasteiger charge is 2.32. The number of nitrogens with zero attached hydrogens (tertiary/aromatic N) is 3. The zero-order valence-electron chi connectivity index (χ0n) is 16.0. The smallest absolute Gasteiger partial charge is 0.278 e. The minimum atomic E-state index is -0.301. The Kier molecular flexibility index (Phi) is 4.35. The minimum absolute atomic E-state index is 0.0357. The molecule has 5 rings (SSSR count). The molecule has 1 aliphatic rings. The molecule has 0 radical (unpaired) electrons. The van der Waals surface area contributed by atoms with E-state index in [9.17, 15) is 9.90 Å². The molecule has 1 atom stereocenters. The summed E-state index contributed by atoms with van der Waals surface area (Å²) in [5.74, 6) is -0.548. The van der Waals surface area contributed by atoms with Gasteiger partial charge in [-0.15, -0.1) is 0 Å². The monoisotopic (exact) mass is 383 g/mol. The highest BCUT2D eigenvalue weighted by atomic mass is 16.3. The first-order valence-electron chi connectivity index (χ1n) is 9.94. The van der Waals surface area contributed by atoms with E-state index in [1.165, 1.54) is 16.3 Å². The Balaban J connectivity index is 1.46. The van der Waals surface area contributed by atoms with Gasteiger partial charge in [-0.25, -0.2) is 9.97 Å². The van der Waals surface area contributed by atoms with Crippen molar-refractivity contribution in [1.82, 2.24) is 14.9 Å². The van der Waals surface area contributed by atoms with Crippen LogP contribution in [0.4, 0.5) is 0 Å². The first-order chi connectivity index (χ1) is 14.2. The number of amides is 1. The van der Waals surface area contributed by atoms with Crippen molar-refractivity contribution < 1.29 is 9.90 Å². The lowest BCUT2D eigenvalue weighted by molar-refractivity contribution is 0.0727. The van der Waals surface area contributed by atoms with Crippen LogP contribution in [0, 0.1) is 0 Å². The molecule has 144 valence electrons. The second-order valence-corrected chi connectivity index (χ2v) is 7.52. The second-order valence-electron chi connectivity index (χ2n) is 7.52. The van der Waals surface area contributed by atoms with E-state index in [0.717, 1.165) is 19.3 Å². The molecule has 5 nitrogen and oxygen atoms in total. The predicted octanol–water partition coefficient (Wildman–Crippen LogP) is 4.34. The van der Waals surface area contributed by atoms with Gasteiger partial charge in [-0.2, -0.15) is 0 Å². The fraction of sp³-hybridized carbons (Fsp3) is 0.208. The standard InChI is InChI=1S/C24H21N3O2/c28-23-22(25-20-12-3-4-13-21(20)26-23)24(29)27-14-6-10-18(27)15-17-9-5-8-16-7-1-2-11-19(16)17/h1-5,7-9,11-13,18H,6,10,14-15H2,(H,26,28). The number of hydrogen-bond acceptors (Lipinski definition) is 4. The topological polar surface area (TPSA) is 66.3 Å². The summed E-state index contributed by atoms with van der Waals surface area (Å²) in [6, 6.07) is 22.0. The number of para-hydroxylation sites is 2. The third-order valence-corrected chi connectivity index (χ3v) is 5.73. The van der Waals surface area contributed by atoms with Crippen LogP contribution in [-0.2, 0) is 6.42 Å². The molecule has 0 bridgehead atoms. The predicted molar refractivity (Wildman–Crippen MR) is 113 cm³/mol. The molecular weight excluding hydrogens is 362 g/mol. The summed E-state index contributed by atoms with van der Waals surface area (Å²) in [4.78, 5) is 23.7. The summed E-state index contributed by atoms with van der Waals surface area (Å²) < 4.78 is 0. The fourth-order valence-electron chi connectivity index (χ4n) is 4.31. The lowest BCUT2D eigenvalue weighted by Gasteiger charge is -2.25. The largest absolute Gasteiger partial charge is 0.492 e. The van der Waals surface area contributed by atoms with Gasteiger partial charge in [0.15, 0.2) is 5.69 Å². The molecule has 0 saturated carbocycles. The molecule has 0 spiro atoms. The number of likely N-dealkylation sites (tertiary alicyclic amines) is 1. The third kappa shape index (κ3) is 3.18. The number of fused-ring (bicyclic) bond motifs is 2. The van der Waals surface area contributed by atoms with Crippen molar-refractivity contribution >= 4 is 27.7 Å². The van der Waals surface area contributed by atoms with Crippen LogP contribution < -0.4 is 0 Å². The van der Waals surface area contributed by atoms with Gasteiger partial charge in [-0.1, -0.05) is 54.6 Å². The molecule has 5 heteroatoms. The maximum absolute atomic E-state index is 13.2. The van der Waals surface area contributed by atoms with Crippen LogP contribution in [0.25, 0.3) is 21.8 Å². The van der Waals surface area contributed by atoms with Gasteiger partial charge in [0.05, 0.1) is 11.0 Å². The summed E-state index contributed by atoms with van der Waals surface area (Å²) in [6.45, 7) is 0.669. The molecule has 1 fully saturated rings. The molecule has 0 aliphatic carbocycles. The van der Waals surface area contributed by atoms with Gasteiger partial charge in [-0.05, 0) is 47.7 Å². The van der Waals surface area contributed by atoms with E-state index in [1.54, 1.807) is 12.1 Å². The van der Waals surface area contributed by atoms with Crippen LogP contribution in [0.15, 0.2) is 66.7 Å². The van der Waals surface area contributed by atoms with Crippen molar-refractivity contribution in [3.63, 3.8) is 0 Å². The van der Waals surface area contributed by atoms with E-state index in [0.29, 0.717) is 17.6 Å². The molecule has 1 N–H and O–H groups in total.